The van der Waals surface area contributed by atoms with Crippen molar-refractivity contribution in [2.24, 2.45) is 0 Å². The number of hydrogen-bond acceptors (Lipinski definition) is 0. The summed E-state index contributed by atoms with van der Waals surface area (Å²) in [6.07, 6.45) is 1.75. The van der Waals surface area contributed by atoms with Gasteiger partial charge in [0.25, 0.3) is 0 Å². The van der Waals surface area contributed by atoms with Gasteiger partial charge in [0.15, 0.2) is 0 Å². The second kappa shape index (κ2) is 17.2. The Kier molecular flexibility index (Phi) is 20.7. The molecule has 0 unspecified atom stereocenters. The van der Waals surface area contributed by atoms with E-state index in [-0.39, 0.29) is 7.29 Å². The summed E-state index contributed by atoms with van der Waals surface area (Å²) in [6.45, 7) is 5.25. The van der Waals surface area contributed by atoms with E-state index in [2.05, 4.69) is 6.58 Å². The van der Waals surface area contributed by atoms with Crippen LogP contribution < -0.4 is 0 Å². The minimum Gasteiger partial charge on any atom is -0.103 e. The summed E-state index contributed by atoms with van der Waals surface area (Å²) < 4.78 is 0. The first-order chi connectivity index (χ1) is 5.83. The molecular formula is C9H13Cl2P. The van der Waals surface area contributed by atoms with Crippen molar-refractivity contribution in [3.63, 3.8) is 0 Å². The molecule has 0 saturated heterocycles. The van der Waals surface area contributed by atoms with Crippen molar-refractivity contribution in [3.05, 3.63) is 49.1 Å². The molecule has 0 N–H and O–H groups in total. The Morgan fingerprint density at radius 3 is 1.17 bits per heavy atom. The van der Waals surface area contributed by atoms with E-state index in [0.717, 1.165) is 0 Å². The molecular weight excluding hydrogens is 210 g/mol. The molecule has 1 rings (SSSR count). The molecule has 0 nitrogen and oxygen atoms in total. The van der Waals surface area contributed by atoms with Gasteiger partial charge in [-0.3, -0.25) is 0 Å². The number of hydrogen-bond donors (Lipinski definition) is 0. The van der Waals surface area contributed by atoms with Crippen LogP contribution in [-0.4, -0.2) is 0 Å². The minimum atomic E-state index is 0.0278. The molecule has 0 radical (unpaired) electrons. The van der Waals surface area contributed by atoms with E-state index in [1.54, 1.807) is 6.08 Å². The smallest absolute Gasteiger partial charge is 0.0713 e. The van der Waals surface area contributed by atoms with Crippen LogP contribution in [0.25, 0.3) is 0 Å². The highest BCUT2D eigenvalue weighted by Gasteiger charge is 1.57. The molecule has 0 spiro atoms. The zero-order valence-corrected chi connectivity index (χ0v) is 9.52. The van der Waals surface area contributed by atoms with Crippen molar-refractivity contribution >= 4 is 29.8 Å². The first-order valence-electron chi connectivity index (χ1n) is 3.36. The monoisotopic (exact) mass is 222 g/mol. The molecule has 0 aliphatic carbocycles. The maximum Gasteiger partial charge on any atom is 0.0713 e. The normalized spacial score (nSPS) is 6.58. The van der Waals surface area contributed by atoms with E-state index in [4.69, 9.17) is 22.5 Å². The zero-order valence-electron chi connectivity index (χ0n) is 7.00. The van der Waals surface area contributed by atoms with Gasteiger partial charge < -0.3 is 0 Å². The fourth-order valence-electron chi connectivity index (χ4n) is 0.385. The number of rotatable bonds is 0. The molecule has 0 aliphatic rings. The fraction of sp³-hybridized carbons (Fsp3) is 0.111. The van der Waals surface area contributed by atoms with Gasteiger partial charge in [0.05, 0.1) is 7.29 Å². The second-order valence-corrected chi connectivity index (χ2v) is 3.49. The zero-order chi connectivity index (χ0) is 9.66. The number of benzene rings is 1. The van der Waals surface area contributed by atoms with Crippen LogP contribution in [0.2, 0.25) is 0 Å². The van der Waals surface area contributed by atoms with E-state index >= 15 is 0 Å². The lowest BCUT2D eigenvalue weighted by molar-refractivity contribution is 1.72. The Morgan fingerprint density at radius 1 is 1.00 bits per heavy atom. The van der Waals surface area contributed by atoms with Gasteiger partial charge in [-0.2, -0.15) is 0 Å². The second-order valence-electron chi connectivity index (χ2n) is 1.63. The molecule has 0 saturated carbocycles. The molecule has 12 heavy (non-hydrogen) atoms. The fourth-order valence-corrected chi connectivity index (χ4v) is 0.385. The lowest BCUT2D eigenvalue weighted by Gasteiger charge is -1.69. The Bertz CT molecular complexity index is 127. The molecule has 1 aromatic rings. The van der Waals surface area contributed by atoms with E-state index in [1.165, 1.54) is 0 Å². The van der Waals surface area contributed by atoms with Gasteiger partial charge in [0.2, 0.25) is 0 Å². The van der Waals surface area contributed by atoms with Crippen LogP contribution in [0.1, 0.15) is 6.92 Å². The maximum absolute atomic E-state index is 4.79. The van der Waals surface area contributed by atoms with Gasteiger partial charge in [-0.05, 0) is 6.92 Å². The molecule has 0 aromatic heterocycles. The van der Waals surface area contributed by atoms with Gasteiger partial charge in [0, 0.05) is 0 Å². The molecule has 0 aliphatic heterocycles. The quantitative estimate of drug-likeness (QED) is 0.435. The van der Waals surface area contributed by atoms with Crippen molar-refractivity contribution in [1.29, 1.82) is 0 Å². The van der Waals surface area contributed by atoms with Crippen LogP contribution in [0.15, 0.2) is 49.1 Å². The predicted molar refractivity (Wildman–Crippen MR) is 62.3 cm³/mol. The first kappa shape index (κ1) is 14.5. The molecule has 0 atom stereocenters. The lowest BCUT2D eigenvalue weighted by atomic mass is 10.4. The molecule has 3 heteroatoms. The molecule has 0 bridgehead atoms. The molecule has 0 heterocycles. The number of halogens is 2. The van der Waals surface area contributed by atoms with Crippen LogP contribution in [0.4, 0.5) is 0 Å². The Hall–Kier alpha value is -0.0300. The average molecular weight is 223 g/mol. The van der Waals surface area contributed by atoms with E-state index in [0.29, 0.717) is 0 Å². The van der Waals surface area contributed by atoms with Crippen molar-refractivity contribution in [2.75, 3.05) is 0 Å². The maximum atomic E-state index is 4.79. The van der Waals surface area contributed by atoms with Gasteiger partial charge in [-0.1, -0.05) is 65.0 Å². The van der Waals surface area contributed by atoms with Crippen LogP contribution >= 0.6 is 29.8 Å². The highest BCUT2D eigenvalue weighted by Crippen LogP contribution is 2.19. The topological polar surface area (TPSA) is 0 Å². The highest BCUT2D eigenvalue weighted by molar-refractivity contribution is 7.90. The van der Waals surface area contributed by atoms with E-state index in [1.807, 2.05) is 43.3 Å². The van der Waals surface area contributed by atoms with Crippen molar-refractivity contribution < 1.29 is 0 Å². The van der Waals surface area contributed by atoms with E-state index in [9.17, 15) is 0 Å². The third-order valence-electron chi connectivity index (χ3n) is 0.667. The number of allylic oxidation sites excluding steroid dienone is 1. The van der Waals surface area contributed by atoms with Crippen molar-refractivity contribution in [2.45, 2.75) is 6.92 Å². The van der Waals surface area contributed by atoms with Gasteiger partial charge in [0.1, 0.15) is 0 Å². The van der Waals surface area contributed by atoms with Crippen LogP contribution in [0.3, 0.4) is 0 Å². The summed E-state index contributed by atoms with van der Waals surface area (Å²) in [4.78, 5) is 0. The Labute approximate surface area is 86.0 Å². The van der Waals surface area contributed by atoms with Gasteiger partial charge >= 0.3 is 0 Å². The Morgan fingerprint density at radius 2 is 1.08 bits per heavy atom. The molecule has 1 aromatic carbocycles. The van der Waals surface area contributed by atoms with Gasteiger partial charge in [-0.25, -0.2) is 0 Å². The summed E-state index contributed by atoms with van der Waals surface area (Å²) in [5.74, 6) is 0. The summed E-state index contributed by atoms with van der Waals surface area (Å²) >= 11 is 9.58. The predicted octanol–water partition coefficient (Wildman–Crippen LogP) is 4.85. The van der Waals surface area contributed by atoms with Crippen LogP contribution in [-0.2, 0) is 0 Å². The largest absolute Gasteiger partial charge is 0.103 e. The summed E-state index contributed by atoms with van der Waals surface area (Å²) in [5, 5.41) is 0. The minimum absolute atomic E-state index is 0.0278. The van der Waals surface area contributed by atoms with Crippen molar-refractivity contribution in [3.8, 4) is 0 Å². The average Bonchev–Trinajstić information content (AvgIpc) is 2.10. The molecule has 0 fully saturated rings. The van der Waals surface area contributed by atoms with E-state index < -0.39 is 0 Å². The van der Waals surface area contributed by atoms with Crippen LogP contribution in [0.5, 0.6) is 0 Å². The standard InChI is InChI=1S/C6H6.C3H6.Cl2HP/c1-2-4-6-5-3-1;2*1-3-2/h1-6H;3H,1H2,2H3;3H. The van der Waals surface area contributed by atoms with Gasteiger partial charge in [-0.15, -0.1) is 6.58 Å². The highest BCUT2D eigenvalue weighted by atomic mass is 35.9. The summed E-state index contributed by atoms with van der Waals surface area (Å²) in [7, 11) is 0.0278. The molecule has 0 amide bonds. The summed E-state index contributed by atoms with van der Waals surface area (Å²) in [6, 6.07) is 12.0. The lowest BCUT2D eigenvalue weighted by Crippen LogP contribution is -1.47. The summed E-state index contributed by atoms with van der Waals surface area (Å²) in [5.41, 5.74) is 0. The SMILES string of the molecule is C=CC.ClPCl.c1ccccc1. The third-order valence-corrected chi connectivity index (χ3v) is 0.667. The Balaban J connectivity index is 0. The van der Waals surface area contributed by atoms with Crippen LogP contribution in [0, 0.1) is 0 Å². The third kappa shape index (κ3) is 22.5. The first-order valence-corrected chi connectivity index (χ1v) is 6.39. The molecule has 68 valence electrons. The van der Waals surface area contributed by atoms with Crippen molar-refractivity contribution in [1.82, 2.24) is 0 Å².